The zero-order valence-corrected chi connectivity index (χ0v) is 15.7. The fourth-order valence-electron chi connectivity index (χ4n) is 3.77. The molecular formula is C20H23NO2S. The average Bonchev–Trinajstić information content (AvgIpc) is 2.78. The number of rotatable bonds is 3. The molecule has 0 amide bonds. The highest BCUT2D eigenvalue weighted by atomic mass is 32.2. The number of aromatic nitrogens is 1. The first kappa shape index (κ1) is 16.8. The number of hydrogen-bond acceptors (Lipinski definition) is 2. The highest BCUT2D eigenvalue weighted by molar-refractivity contribution is 7.90. The SMILES string of the molecule is CCn1c(C)c(-c2c(C)ccc(S(C)(=O)=O)c2C)c2ccccc21. The number of sulfone groups is 1. The summed E-state index contributed by atoms with van der Waals surface area (Å²) in [5.41, 5.74) is 6.49. The normalized spacial score (nSPS) is 12.0. The maximum atomic E-state index is 12.2. The van der Waals surface area contributed by atoms with E-state index in [9.17, 15) is 8.42 Å². The third kappa shape index (κ3) is 2.46. The minimum Gasteiger partial charge on any atom is -0.345 e. The Kier molecular flexibility index (Phi) is 4.04. The van der Waals surface area contributed by atoms with Gasteiger partial charge in [-0.2, -0.15) is 0 Å². The second-order valence-electron chi connectivity index (χ2n) is 6.37. The Morgan fingerprint density at radius 2 is 1.62 bits per heavy atom. The second-order valence-corrected chi connectivity index (χ2v) is 8.36. The second kappa shape index (κ2) is 5.78. The Morgan fingerprint density at radius 3 is 2.25 bits per heavy atom. The van der Waals surface area contributed by atoms with Crippen LogP contribution in [-0.4, -0.2) is 19.2 Å². The summed E-state index contributed by atoms with van der Waals surface area (Å²) < 4.78 is 26.6. The number of para-hydroxylation sites is 1. The van der Waals surface area contributed by atoms with E-state index < -0.39 is 9.84 Å². The molecule has 0 radical (unpaired) electrons. The molecule has 3 rings (SSSR count). The molecule has 0 unspecified atom stereocenters. The molecule has 2 aromatic carbocycles. The summed E-state index contributed by atoms with van der Waals surface area (Å²) >= 11 is 0. The van der Waals surface area contributed by atoms with Crippen LogP contribution in [0.4, 0.5) is 0 Å². The lowest BCUT2D eigenvalue weighted by molar-refractivity contribution is 0.601. The summed E-state index contributed by atoms with van der Waals surface area (Å²) in [7, 11) is -3.25. The van der Waals surface area contributed by atoms with Gasteiger partial charge in [0.1, 0.15) is 0 Å². The van der Waals surface area contributed by atoms with E-state index in [1.54, 1.807) is 6.07 Å². The Hall–Kier alpha value is -2.07. The van der Waals surface area contributed by atoms with E-state index in [0.29, 0.717) is 4.90 Å². The first-order chi connectivity index (χ1) is 11.3. The van der Waals surface area contributed by atoms with Crippen LogP contribution in [0.15, 0.2) is 41.3 Å². The van der Waals surface area contributed by atoms with Crippen molar-refractivity contribution in [3.8, 4) is 11.1 Å². The van der Waals surface area contributed by atoms with E-state index in [2.05, 4.69) is 30.5 Å². The molecule has 0 fully saturated rings. The van der Waals surface area contributed by atoms with Crippen molar-refractivity contribution in [3.05, 3.63) is 53.2 Å². The van der Waals surface area contributed by atoms with E-state index in [1.165, 1.54) is 22.9 Å². The predicted molar refractivity (Wildman–Crippen MR) is 100 cm³/mol. The van der Waals surface area contributed by atoms with E-state index in [0.717, 1.165) is 28.8 Å². The monoisotopic (exact) mass is 341 g/mol. The number of fused-ring (bicyclic) bond motifs is 1. The average molecular weight is 341 g/mol. The molecule has 4 heteroatoms. The number of benzene rings is 2. The van der Waals surface area contributed by atoms with Gasteiger partial charge in [-0.15, -0.1) is 0 Å². The topological polar surface area (TPSA) is 39.1 Å². The van der Waals surface area contributed by atoms with Crippen LogP contribution in [0.1, 0.15) is 23.7 Å². The van der Waals surface area contributed by atoms with Gasteiger partial charge < -0.3 is 4.57 Å². The molecule has 126 valence electrons. The predicted octanol–water partition coefficient (Wildman–Crippen LogP) is 4.66. The minimum absolute atomic E-state index is 0.413. The van der Waals surface area contributed by atoms with Crippen molar-refractivity contribution in [1.82, 2.24) is 4.57 Å². The van der Waals surface area contributed by atoms with E-state index >= 15 is 0 Å². The van der Waals surface area contributed by atoms with Gasteiger partial charge in [-0.05, 0) is 56.5 Å². The van der Waals surface area contributed by atoms with Gasteiger partial charge >= 0.3 is 0 Å². The minimum atomic E-state index is -3.25. The molecular weight excluding hydrogens is 318 g/mol. The molecule has 1 heterocycles. The summed E-state index contributed by atoms with van der Waals surface area (Å²) in [6.07, 6.45) is 1.27. The molecule has 0 spiro atoms. The van der Waals surface area contributed by atoms with Crippen LogP contribution in [0.25, 0.3) is 22.0 Å². The maximum absolute atomic E-state index is 12.2. The number of hydrogen-bond donors (Lipinski definition) is 0. The highest BCUT2D eigenvalue weighted by Gasteiger charge is 2.21. The fourth-order valence-corrected chi connectivity index (χ4v) is 4.74. The Balaban J connectivity index is 2.48. The molecule has 24 heavy (non-hydrogen) atoms. The van der Waals surface area contributed by atoms with Gasteiger partial charge in [0.15, 0.2) is 9.84 Å². The molecule has 1 aromatic heterocycles. The lowest BCUT2D eigenvalue weighted by Gasteiger charge is -2.15. The van der Waals surface area contributed by atoms with Gasteiger partial charge in [0.05, 0.1) is 4.90 Å². The van der Waals surface area contributed by atoms with Crippen molar-refractivity contribution < 1.29 is 8.42 Å². The van der Waals surface area contributed by atoms with Gasteiger partial charge in [-0.25, -0.2) is 8.42 Å². The molecule has 0 aliphatic carbocycles. The van der Waals surface area contributed by atoms with Crippen LogP contribution in [-0.2, 0) is 16.4 Å². The van der Waals surface area contributed by atoms with Gasteiger partial charge in [0.25, 0.3) is 0 Å². The molecule has 0 bridgehead atoms. The lowest BCUT2D eigenvalue weighted by atomic mass is 9.93. The maximum Gasteiger partial charge on any atom is 0.175 e. The fraction of sp³-hybridized carbons (Fsp3) is 0.300. The molecule has 0 N–H and O–H groups in total. The van der Waals surface area contributed by atoms with E-state index in [4.69, 9.17) is 0 Å². The van der Waals surface area contributed by atoms with Gasteiger partial charge in [-0.3, -0.25) is 0 Å². The summed E-state index contributed by atoms with van der Waals surface area (Å²) in [6.45, 7) is 9.10. The van der Waals surface area contributed by atoms with Crippen molar-refractivity contribution in [2.24, 2.45) is 0 Å². The van der Waals surface area contributed by atoms with Gasteiger partial charge in [0, 0.05) is 35.0 Å². The first-order valence-electron chi connectivity index (χ1n) is 8.15. The first-order valence-corrected chi connectivity index (χ1v) is 10.0. The zero-order valence-electron chi connectivity index (χ0n) is 14.8. The Morgan fingerprint density at radius 1 is 0.958 bits per heavy atom. The number of nitrogens with zero attached hydrogens (tertiary/aromatic N) is 1. The third-order valence-electron chi connectivity index (χ3n) is 4.82. The smallest absolute Gasteiger partial charge is 0.175 e. The summed E-state index contributed by atoms with van der Waals surface area (Å²) in [6, 6.07) is 12.0. The number of aryl methyl sites for hydroxylation is 2. The Labute approximate surface area is 143 Å². The molecule has 0 saturated carbocycles. The van der Waals surface area contributed by atoms with Crippen LogP contribution in [0.2, 0.25) is 0 Å². The van der Waals surface area contributed by atoms with Gasteiger partial charge in [0.2, 0.25) is 0 Å². The largest absolute Gasteiger partial charge is 0.345 e. The standard InChI is InChI=1S/C20H23NO2S/c1-6-21-15(4)20(16-9-7-8-10-17(16)21)19-13(2)11-12-18(14(19)3)24(5,22)23/h7-12H,6H2,1-5H3. The summed E-state index contributed by atoms with van der Waals surface area (Å²) in [5.74, 6) is 0. The van der Waals surface area contributed by atoms with Crippen molar-refractivity contribution in [2.75, 3.05) is 6.26 Å². The van der Waals surface area contributed by atoms with Crippen LogP contribution >= 0.6 is 0 Å². The molecule has 0 aliphatic rings. The van der Waals surface area contributed by atoms with Crippen molar-refractivity contribution in [1.29, 1.82) is 0 Å². The Bertz CT molecular complexity index is 1040. The molecule has 3 nitrogen and oxygen atoms in total. The van der Waals surface area contributed by atoms with Crippen molar-refractivity contribution in [2.45, 2.75) is 39.1 Å². The summed E-state index contributed by atoms with van der Waals surface area (Å²) in [5, 5.41) is 1.17. The van der Waals surface area contributed by atoms with Crippen LogP contribution in [0, 0.1) is 20.8 Å². The molecule has 0 atom stereocenters. The molecule has 3 aromatic rings. The van der Waals surface area contributed by atoms with Crippen LogP contribution in [0.3, 0.4) is 0 Å². The van der Waals surface area contributed by atoms with E-state index in [-0.39, 0.29) is 0 Å². The zero-order chi connectivity index (χ0) is 17.6. The molecule has 0 aliphatic heterocycles. The van der Waals surface area contributed by atoms with Crippen LogP contribution in [0.5, 0.6) is 0 Å². The van der Waals surface area contributed by atoms with Crippen LogP contribution < -0.4 is 0 Å². The van der Waals surface area contributed by atoms with Crippen molar-refractivity contribution >= 4 is 20.7 Å². The summed E-state index contributed by atoms with van der Waals surface area (Å²) in [4.78, 5) is 0.413. The molecule has 0 saturated heterocycles. The quantitative estimate of drug-likeness (QED) is 0.695. The van der Waals surface area contributed by atoms with Gasteiger partial charge in [-0.1, -0.05) is 24.3 Å². The lowest BCUT2D eigenvalue weighted by Crippen LogP contribution is -2.03. The van der Waals surface area contributed by atoms with Crippen molar-refractivity contribution in [3.63, 3.8) is 0 Å². The van der Waals surface area contributed by atoms with E-state index in [1.807, 2.05) is 32.0 Å². The third-order valence-corrected chi connectivity index (χ3v) is 6.06. The highest BCUT2D eigenvalue weighted by Crippen LogP contribution is 2.39.